The van der Waals surface area contributed by atoms with Gasteiger partial charge in [-0.25, -0.2) is 4.79 Å². The van der Waals surface area contributed by atoms with E-state index < -0.39 is 5.97 Å². The molecule has 0 saturated heterocycles. The fourth-order valence-corrected chi connectivity index (χ4v) is 4.17. The number of carbonyl (C=O) groups is 2. The smallest absolute Gasteiger partial charge is 0.343 e. The van der Waals surface area contributed by atoms with Crippen LogP contribution < -0.4 is 15.0 Å². The quantitative estimate of drug-likeness (QED) is 0.207. The molecule has 0 aliphatic carbocycles. The van der Waals surface area contributed by atoms with Crippen molar-refractivity contribution in [1.82, 2.24) is 0 Å². The number of anilines is 3. The molecule has 0 fully saturated rings. The Morgan fingerprint density at radius 1 is 0.897 bits per heavy atom. The van der Waals surface area contributed by atoms with Gasteiger partial charge in [0.15, 0.2) is 0 Å². The number of benzene rings is 4. The van der Waals surface area contributed by atoms with E-state index in [1.165, 1.54) is 12.8 Å². The summed E-state index contributed by atoms with van der Waals surface area (Å²) in [5, 5.41) is 12.2. The normalized spacial score (nSPS) is 13.5. The van der Waals surface area contributed by atoms with Crippen molar-refractivity contribution in [1.29, 1.82) is 5.26 Å². The Morgan fingerprint density at radius 3 is 2.15 bits per heavy atom. The van der Waals surface area contributed by atoms with Crippen LogP contribution in [0.5, 0.6) is 5.75 Å². The van der Waals surface area contributed by atoms with E-state index in [4.69, 9.17) is 10.00 Å². The van der Waals surface area contributed by atoms with Gasteiger partial charge in [0, 0.05) is 22.6 Å². The topological polar surface area (TPSA) is 82.4 Å². The zero-order valence-corrected chi connectivity index (χ0v) is 22.3. The Hall–Kier alpha value is -4.89. The highest BCUT2D eigenvalue weighted by atomic mass is 16.5. The maximum Gasteiger partial charge on any atom is 0.343 e. The van der Waals surface area contributed by atoms with E-state index in [1.807, 2.05) is 73.7 Å². The van der Waals surface area contributed by atoms with Crippen LogP contribution in [0.1, 0.15) is 71.5 Å². The van der Waals surface area contributed by atoms with E-state index >= 15 is 0 Å². The first kappa shape index (κ1) is 27.2. The van der Waals surface area contributed by atoms with E-state index in [9.17, 15) is 9.59 Å². The molecule has 0 spiro atoms. The lowest BCUT2D eigenvalue weighted by molar-refractivity contribution is 0.0733. The van der Waals surface area contributed by atoms with Crippen molar-refractivity contribution in [2.75, 3.05) is 10.2 Å². The van der Waals surface area contributed by atoms with Crippen molar-refractivity contribution in [3.63, 3.8) is 0 Å². The van der Waals surface area contributed by atoms with Crippen molar-refractivity contribution >= 4 is 28.9 Å². The lowest BCUT2D eigenvalue weighted by atomic mass is 10.1. The monoisotopic (exact) mass is 517 g/mol. The second-order valence-corrected chi connectivity index (χ2v) is 9.22. The Kier molecular flexibility index (Phi) is 8.75. The van der Waals surface area contributed by atoms with Crippen LogP contribution in [0.25, 0.3) is 0 Å². The van der Waals surface area contributed by atoms with Crippen LogP contribution in [-0.4, -0.2) is 11.9 Å². The van der Waals surface area contributed by atoms with Gasteiger partial charge in [-0.15, -0.1) is 0 Å². The second kappa shape index (κ2) is 12.6. The number of para-hydroxylation sites is 1. The van der Waals surface area contributed by atoms with Gasteiger partial charge in [0.2, 0.25) is 0 Å². The number of ether oxygens (including phenoxy) is 1. The minimum atomic E-state index is -0.550. The molecule has 0 aromatic heterocycles. The van der Waals surface area contributed by atoms with Gasteiger partial charge in [-0.1, -0.05) is 51.0 Å². The van der Waals surface area contributed by atoms with Crippen molar-refractivity contribution in [2.45, 2.75) is 39.7 Å². The fourth-order valence-electron chi connectivity index (χ4n) is 4.17. The molecule has 1 N–H and O–H groups in total. The minimum Gasteiger partial charge on any atom is -0.423 e. The highest BCUT2D eigenvalue weighted by Gasteiger charge is 2.35. The van der Waals surface area contributed by atoms with Crippen molar-refractivity contribution in [2.24, 2.45) is 0 Å². The molecule has 0 saturated carbocycles. The molecule has 1 aliphatic rings. The number of carbonyl (C=O) groups excluding carboxylic acids is 2. The Morgan fingerprint density at radius 2 is 1.54 bits per heavy atom. The zero-order valence-electron chi connectivity index (χ0n) is 22.3. The maximum absolute atomic E-state index is 13.3. The number of nitrogens with zero attached hydrogens (tertiary/aromatic N) is 2. The van der Waals surface area contributed by atoms with E-state index in [0.717, 1.165) is 22.6 Å². The molecule has 1 aliphatic heterocycles. The van der Waals surface area contributed by atoms with Gasteiger partial charge >= 0.3 is 5.97 Å². The number of unbranched alkanes of at least 4 members (excludes halogenated alkanes) is 1. The molecule has 6 nitrogen and oxygen atoms in total. The molecule has 196 valence electrons. The Bertz CT molecular complexity index is 1470. The lowest BCUT2D eigenvalue weighted by Gasteiger charge is -2.22. The number of hydrogen-bond acceptors (Lipinski definition) is 5. The third-order valence-electron chi connectivity index (χ3n) is 6.48. The predicted octanol–water partition coefficient (Wildman–Crippen LogP) is 8.05. The van der Waals surface area contributed by atoms with E-state index in [2.05, 4.69) is 19.2 Å². The van der Waals surface area contributed by atoms with Crippen LogP contribution in [0.15, 0.2) is 97.1 Å². The van der Waals surface area contributed by atoms with Crippen molar-refractivity contribution in [3.8, 4) is 11.8 Å². The summed E-state index contributed by atoms with van der Waals surface area (Å²) in [6, 6.07) is 30.8. The average Bonchev–Trinajstić information content (AvgIpc) is 3.23. The van der Waals surface area contributed by atoms with Gasteiger partial charge in [0.25, 0.3) is 5.91 Å². The molecular formula is C33H31N3O3. The summed E-state index contributed by atoms with van der Waals surface area (Å²) in [4.78, 5) is 27.5. The number of rotatable bonds is 6. The summed E-state index contributed by atoms with van der Waals surface area (Å²) in [5.74, 6) is -0.401. The van der Waals surface area contributed by atoms with Crippen molar-refractivity contribution in [3.05, 3.63) is 119 Å². The molecule has 0 radical (unpaired) electrons. The zero-order chi connectivity index (χ0) is 27.8. The average molecular weight is 518 g/mol. The summed E-state index contributed by atoms with van der Waals surface area (Å²) in [7, 11) is 0. The summed E-state index contributed by atoms with van der Waals surface area (Å²) in [6.45, 7) is 6.34. The van der Waals surface area contributed by atoms with Gasteiger partial charge in [-0.05, 0) is 85.3 Å². The molecule has 4 aromatic carbocycles. The Balaban J connectivity index is 0.000000826. The van der Waals surface area contributed by atoms with Gasteiger partial charge < -0.3 is 15.0 Å². The van der Waals surface area contributed by atoms with Crippen molar-refractivity contribution < 1.29 is 14.3 Å². The summed E-state index contributed by atoms with van der Waals surface area (Å²) in [5.41, 5.74) is 4.87. The van der Waals surface area contributed by atoms with E-state index in [1.54, 1.807) is 41.3 Å². The van der Waals surface area contributed by atoms with Crippen LogP contribution in [0.3, 0.4) is 0 Å². The molecule has 6 heteroatoms. The van der Waals surface area contributed by atoms with E-state index in [0.29, 0.717) is 22.4 Å². The van der Waals surface area contributed by atoms with Gasteiger partial charge in [-0.2, -0.15) is 5.26 Å². The highest BCUT2D eigenvalue weighted by molar-refractivity contribution is 6.11. The first-order valence-electron chi connectivity index (χ1n) is 13.1. The summed E-state index contributed by atoms with van der Waals surface area (Å²) >= 11 is 0. The number of amides is 1. The number of nitriles is 1. The Labute approximate surface area is 229 Å². The van der Waals surface area contributed by atoms with Gasteiger partial charge in [0.1, 0.15) is 5.75 Å². The van der Waals surface area contributed by atoms with Crippen LogP contribution >= 0.6 is 0 Å². The number of fused-ring (bicyclic) bond motifs is 1. The molecule has 0 bridgehead atoms. The number of hydrogen-bond donors (Lipinski definition) is 1. The summed E-state index contributed by atoms with van der Waals surface area (Å²) in [6.07, 6.45) is 2.64. The maximum atomic E-state index is 13.3. The number of esters is 1. The SMILES string of the molecule is CC1c2ccc(OC(=O)c3ccc(C#N)cc3)cc2C(=O)N1c1ccc(Nc2ccccc2)cc1.CCCC. The second-order valence-electron chi connectivity index (χ2n) is 9.22. The van der Waals surface area contributed by atoms with Crippen LogP contribution in [-0.2, 0) is 0 Å². The predicted molar refractivity (Wildman–Crippen MR) is 155 cm³/mol. The van der Waals surface area contributed by atoms with Crippen LogP contribution in [0.2, 0.25) is 0 Å². The van der Waals surface area contributed by atoms with Crippen LogP contribution in [0.4, 0.5) is 17.1 Å². The molecule has 1 atom stereocenters. The molecule has 5 rings (SSSR count). The molecule has 1 unspecified atom stereocenters. The first-order chi connectivity index (χ1) is 18.9. The van der Waals surface area contributed by atoms with E-state index in [-0.39, 0.29) is 11.9 Å². The molecule has 4 aromatic rings. The van der Waals surface area contributed by atoms with Gasteiger partial charge in [-0.3, -0.25) is 4.79 Å². The van der Waals surface area contributed by atoms with Gasteiger partial charge in [0.05, 0.1) is 23.2 Å². The molecule has 39 heavy (non-hydrogen) atoms. The first-order valence-corrected chi connectivity index (χ1v) is 13.1. The standard InChI is InChI=1S/C29H21N3O3.C4H10/c1-19-26-16-15-25(35-29(34)21-9-7-20(18-30)8-10-21)17-27(26)28(33)32(19)24-13-11-23(12-14-24)31-22-5-3-2-4-6-22;1-3-4-2/h2-17,19,31H,1H3;3-4H2,1-2H3. The summed E-state index contributed by atoms with van der Waals surface area (Å²) < 4.78 is 5.50. The lowest BCUT2D eigenvalue weighted by Crippen LogP contribution is -2.26. The third-order valence-corrected chi connectivity index (χ3v) is 6.48. The molecule has 1 heterocycles. The molecule has 1 amide bonds. The highest BCUT2D eigenvalue weighted by Crippen LogP contribution is 2.39. The fraction of sp³-hybridized carbons (Fsp3) is 0.182. The minimum absolute atomic E-state index is 0.146. The third kappa shape index (κ3) is 6.34. The molecular weight excluding hydrogens is 486 g/mol. The largest absolute Gasteiger partial charge is 0.423 e. The van der Waals surface area contributed by atoms with Crippen LogP contribution in [0, 0.1) is 11.3 Å². The number of nitrogens with one attached hydrogen (secondary N) is 1.